The second-order valence-corrected chi connectivity index (χ2v) is 8.00. The van der Waals surface area contributed by atoms with E-state index in [-0.39, 0.29) is 29.4 Å². The molecule has 2 heterocycles. The molecule has 7 heteroatoms. The lowest BCUT2D eigenvalue weighted by molar-refractivity contribution is 0.0512. The van der Waals surface area contributed by atoms with Crippen molar-refractivity contribution in [2.45, 2.75) is 31.6 Å². The highest BCUT2D eigenvalue weighted by atomic mass is 127. The van der Waals surface area contributed by atoms with Crippen molar-refractivity contribution in [2.75, 3.05) is 40.1 Å². The molecule has 0 spiro atoms. The predicted octanol–water partition coefficient (Wildman–Crippen LogP) is 3.80. The normalized spacial score (nSPS) is 17.0. The number of aliphatic imine (C=N–C) groups is 1. The Balaban J connectivity index is 0.00000272. The van der Waals surface area contributed by atoms with Crippen LogP contribution >= 0.6 is 24.0 Å². The van der Waals surface area contributed by atoms with Gasteiger partial charge in [-0.1, -0.05) is 30.3 Å². The van der Waals surface area contributed by atoms with Crippen LogP contribution in [0.5, 0.6) is 11.5 Å². The first-order valence-electron chi connectivity index (χ1n) is 10.7. The number of hydrogen-bond donors (Lipinski definition) is 2. The maximum absolute atomic E-state index is 5.67. The van der Waals surface area contributed by atoms with E-state index in [4.69, 9.17) is 14.2 Å². The Morgan fingerprint density at radius 3 is 2.58 bits per heavy atom. The van der Waals surface area contributed by atoms with Crippen LogP contribution in [0.2, 0.25) is 0 Å². The van der Waals surface area contributed by atoms with E-state index in [0.717, 1.165) is 63.0 Å². The molecule has 2 aromatic carbocycles. The highest BCUT2D eigenvalue weighted by molar-refractivity contribution is 14.0. The van der Waals surface area contributed by atoms with Gasteiger partial charge in [0.1, 0.15) is 0 Å². The van der Waals surface area contributed by atoms with Crippen molar-refractivity contribution in [3.63, 3.8) is 0 Å². The van der Waals surface area contributed by atoms with E-state index in [1.54, 1.807) is 0 Å². The number of nitrogens with zero attached hydrogens (tertiary/aromatic N) is 1. The Bertz CT molecular complexity index is 897. The summed E-state index contributed by atoms with van der Waals surface area (Å²) in [5, 5.41) is 7.02. The van der Waals surface area contributed by atoms with E-state index in [0.29, 0.717) is 6.79 Å². The van der Waals surface area contributed by atoms with Crippen LogP contribution in [0.15, 0.2) is 47.5 Å². The summed E-state index contributed by atoms with van der Waals surface area (Å²) in [7, 11) is 1.82. The molecule has 0 aromatic heterocycles. The van der Waals surface area contributed by atoms with Crippen LogP contribution in [0.3, 0.4) is 0 Å². The largest absolute Gasteiger partial charge is 0.454 e. The van der Waals surface area contributed by atoms with Gasteiger partial charge < -0.3 is 24.8 Å². The molecule has 0 radical (unpaired) electrons. The van der Waals surface area contributed by atoms with E-state index in [2.05, 4.69) is 58.9 Å². The lowest BCUT2D eigenvalue weighted by Gasteiger charge is -2.39. The number of nitrogens with one attached hydrogen (secondary N) is 2. The van der Waals surface area contributed by atoms with Gasteiger partial charge >= 0.3 is 0 Å². The molecule has 2 aliphatic heterocycles. The molecule has 0 unspecified atom stereocenters. The quantitative estimate of drug-likeness (QED) is 0.334. The van der Waals surface area contributed by atoms with Gasteiger partial charge in [-0.2, -0.15) is 0 Å². The molecule has 0 aliphatic carbocycles. The summed E-state index contributed by atoms with van der Waals surface area (Å²) in [5.74, 6) is 2.48. The summed E-state index contributed by atoms with van der Waals surface area (Å²) in [4.78, 5) is 4.43. The standard InChI is InChI=1S/C24H31N3O3.HI/c1-18-5-3-4-6-20(18)24(10-13-28-14-11-24)16-27-23(25-2)26-12-9-19-7-8-21-22(15-19)30-17-29-21;/h3-8,15H,9-14,16-17H2,1-2H3,(H2,25,26,27);1H. The highest BCUT2D eigenvalue weighted by Crippen LogP contribution is 2.36. The molecule has 0 amide bonds. The smallest absolute Gasteiger partial charge is 0.231 e. The summed E-state index contributed by atoms with van der Waals surface area (Å²) < 4.78 is 16.5. The van der Waals surface area contributed by atoms with E-state index in [1.165, 1.54) is 16.7 Å². The lowest BCUT2D eigenvalue weighted by atomic mass is 9.72. The van der Waals surface area contributed by atoms with Crippen molar-refractivity contribution in [2.24, 2.45) is 4.99 Å². The Labute approximate surface area is 201 Å². The highest BCUT2D eigenvalue weighted by Gasteiger charge is 2.35. The van der Waals surface area contributed by atoms with Gasteiger partial charge in [-0.15, -0.1) is 24.0 Å². The number of halogens is 1. The third-order valence-electron chi connectivity index (χ3n) is 6.13. The molecule has 2 aliphatic rings. The van der Waals surface area contributed by atoms with Gasteiger partial charge in [0.05, 0.1) is 0 Å². The zero-order valence-electron chi connectivity index (χ0n) is 18.3. The topological polar surface area (TPSA) is 64.1 Å². The van der Waals surface area contributed by atoms with Gasteiger partial charge in [-0.25, -0.2) is 0 Å². The van der Waals surface area contributed by atoms with Gasteiger partial charge in [0, 0.05) is 38.8 Å². The SMILES string of the molecule is CN=C(NCCc1ccc2c(c1)OCO2)NCC1(c2ccccc2C)CCOCC1.I. The van der Waals surface area contributed by atoms with Crippen molar-refractivity contribution in [1.82, 2.24) is 10.6 Å². The van der Waals surface area contributed by atoms with Crippen LogP contribution < -0.4 is 20.1 Å². The molecule has 4 rings (SSSR count). The summed E-state index contributed by atoms with van der Waals surface area (Å²) in [6.45, 7) is 5.73. The Kier molecular flexibility index (Phi) is 8.43. The molecule has 2 N–H and O–H groups in total. The first-order valence-corrected chi connectivity index (χ1v) is 10.7. The minimum absolute atomic E-state index is 0. The maximum Gasteiger partial charge on any atom is 0.231 e. The van der Waals surface area contributed by atoms with Crippen molar-refractivity contribution in [3.05, 3.63) is 59.2 Å². The van der Waals surface area contributed by atoms with Crippen LogP contribution in [-0.2, 0) is 16.6 Å². The average Bonchev–Trinajstić information content (AvgIpc) is 3.25. The Morgan fingerprint density at radius 1 is 1.03 bits per heavy atom. The first kappa shape index (κ1) is 23.7. The van der Waals surface area contributed by atoms with Gasteiger partial charge in [0.15, 0.2) is 17.5 Å². The van der Waals surface area contributed by atoms with Crippen molar-refractivity contribution < 1.29 is 14.2 Å². The van der Waals surface area contributed by atoms with Gasteiger partial charge in [-0.3, -0.25) is 4.99 Å². The number of aryl methyl sites for hydroxylation is 1. The maximum atomic E-state index is 5.67. The number of guanidine groups is 1. The number of hydrogen-bond acceptors (Lipinski definition) is 4. The van der Waals surface area contributed by atoms with E-state index in [9.17, 15) is 0 Å². The van der Waals surface area contributed by atoms with Crippen molar-refractivity contribution in [1.29, 1.82) is 0 Å². The van der Waals surface area contributed by atoms with Gasteiger partial charge in [0.25, 0.3) is 0 Å². The number of rotatable bonds is 6. The predicted molar refractivity (Wildman–Crippen MR) is 134 cm³/mol. The van der Waals surface area contributed by atoms with Crippen LogP contribution in [0.4, 0.5) is 0 Å². The fourth-order valence-corrected chi connectivity index (χ4v) is 4.37. The molecule has 1 saturated heterocycles. The minimum Gasteiger partial charge on any atom is -0.454 e. The third kappa shape index (κ3) is 5.63. The summed E-state index contributed by atoms with van der Waals surface area (Å²) in [6.07, 6.45) is 2.91. The summed E-state index contributed by atoms with van der Waals surface area (Å²) in [5.41, 5.74) is 4.03. The molecule has 1 fully saturated rings. The number of fused-ring (bicyclic) bond motifs is 1. The van der Waals surface area contributed by atoms with Crippen LogP contribution in [-0.4, -0.2) is 46.1 Å². The minimum atomic E-state index is 0. The molecule has 6 nitrogen and oxygen atoms in total. The van der Waals surface area contributed by atoms with E-state index < -0.39 is 0 Å². The molecule has 31 heavy (non-hydrogen) atoms. The fraction of sp³-hybridized carbons (Fsp3) is 0.458. The van der Waals surface area contributed by atoms with E-state index in [1.807, 2.05) is 13.1 Å². The molecule has 168 valence electrons. The van der Waals surface area contributed by atoms with Crippen molar-refractivity contribution in [3.8, 4) is 11.5 Å². The lowest BCUT2D eigenvalue weighted by Crippen LogP contribution is -2.48. The second-order valence-electron chi connectivity index (χ2n) is 8.00. The Hall–Kier alpha value is -2.00. The zero-order chi connectivity index (χ0) is 20.8. The van der Waals surface area contributed by atoms with Crippen LogP contribution in [0, 0.1) is 6.92 Å². The van der Waals surface area contributed by atoms with Crippen LogP contribution in [0.1, 0.15) is 29.5 Å². The van der Waals surface area contributed by atoms with E-state index >= 15 is 0 Å². The summed E-state index contributed by atoms with van der Waals surface area (Å²) >= 11 is 0. The average molecular weight is 537 g/mol. The summed E-state index contributed by atoms with van der Waals surface area (Å²) in [6, 6.07) is 14.8. The van der Waals surface area contributed by atoms with Gasteiger partial charge in [-0.05, 0) is 55.0 Å². The Morgan fingerprint density at radius 2 is 1.81 bits per heavy atom. The van der Waals surface area contributed by atoms with Crippen molar-refractivity contribution >= 4 is 29.9 Å². The molecular weight excluding hydrogens is 505 g/mol. The number of benzene rings is 2. The molecular formula is C24H32IN3O3. The van der Waals surface area contributed by atoms with Crippen LogP contribution in [0.25, 0.3) is 0 Å². The zero-order valence-corrected chi connectivity index (χ0v) is 20.6. The monoisotopic (exact) mass is 537 g/mol. The number of ether oxygens (including phenoxy) is 3. The first-order chi connectivity index (χ1) is 14.7. The molecule has 0 atom stereocenters. The fourth-order valence-electron chi connectivity index (χ4n) is 4.37. The molecule has 0 bridgehead atoms. The van der Waals surface area contributed by atoms with Gasteiger partial charge in [0.2, 0.25) is 6.79 Å². The molecule has 0 saturated carbocycles. The molecule has 2 aromatic rings. The third-order valence-corrected chi connectivity index (χ3v) is 6.13. The second kappa shape index (κ2) is 11.0.